The molecule has 1 saturated heterocycles. The Labute approximate surface area is 100 Å². The highest BCUT2D eigenvalue weighted by Crippen LogP contribution is 2.20. The molecule has 1 fully saturated rings. The van der Waals surface area contributed by atoms with E-state index in [9.17, 15) is 4.39 Å². The zero-order valence-electron chi connectivity index (χ0n) is 9.13. The van der Waals surface area contributed by atoms with Crippen LogP contribution in [0, 0.1) is 5.82 Å². The van der Waals surface area contributed by atoms with Crippen LogP contribution >= 0.6 is 11.6 Å². The van der Waals surface area contributed by atoms with E-state index >= 15 is 0 Å². The normalized spacial score (nSPS) is 22.3. The van der Waals surface area contributed by atoms with Crippen LogP contribution in [0.15, 0.2) is 18.2 Å². The minimum Gasteiger partial charge on any atom is -0.327 e. The van der Waals surface area contributed by atoms with Crippen LogP contribution in [0.5, 0.6) is 0 Å². The van der Waals surface area contributed by atoms with Crippen molar-refractivity contribution in [3.05, 3.63) is 34.6 Å². The van der Waals surface area contributed by atoms with E-state index in [-0.39, 0.29) is 11.9 Å². The average Bonchev–Trinajstić information content (AvgIpc) is 2.24. The van der Waals surface area contributed by atoms with Crippen molar-refractivity contribution in [1.82, 2.24) is 4.90 Å². The zero-order valence-corrected chi connectivity index (χ0v) is 9.88. The second kappa shape index (κ2) is 5.13. The Morgan fingerprint density at radius 3 is 3.06 bits per heavy atom. The van der Waals surface area contributed by atoms with Crippen molar-refractivity contribution in [3.63, 3.8) is 0 Å². The van der Waals surface area contributed by atoms with Crippen molar-refractivity contribution in [2.24, 2.45) is 5.73 Å². The van der Waals surface area contributed by atoms with Gasteiger partial charge in [0, 0.05) is 24.2 Å². The first-order valence-corrected chi connectivity index (χ1v) is 5.95. The summed E-state index contributed by atoms with van der Waals surface area (Å²) in [7, 11) is 0. The molecule has 0 aliphatic carbocycles. The predicted molar refractivity (Wildman–Crippen MR) is 63.9 cm³/mol. The molecule has 1 heterocycles. The highest BCUT2D eigenvalue weighted by Gasteiger charge is 2.17. The van der Waals surface area contributed by atoms with Gasteiger partial charge in [0.15, 0.2) is 0 Å². The molecule has 1 aliphatic rings. The smallest absolute Gasteiger partial charge is 0.123 e. The molecule has 0 unspecified atom stereocenters. The first kappa shape index (κ1) is 11.8. The number of likely N-dealkylation sites (tertiary alicyclic amines) is 1. The third-order valence-corrected chi connectivity index (χ3v) is 3.31. The van der Waals surface area contributed by atoms with E-state index in [1.54, 1.807) is 6.07 Å². The lowest BCUT2D eigenvalue weighted by molar-refractivity contribution is 0.201. The van der Waals surface area contributed by atoms with Crippen LogP contribution in [0.2, 0.25) is 5.02 Å². The van der Waals surface area contributed by atoms with Crippen LogP contribution in [0.3, 0.4) is 0 Å². The molecular weight excluding hydrogens is 227 g/mol. The van der Waals surface area contributed by atoms with E-state index in [0.29, 0.717) is 11.6 Å². The van der Waals surface area contributed by atoms with Crippen molar-refractivity contribution < 1.29 is 4.39 Å². The van der Waals surface area contributed by atoms with Crippen molar-refractivity contribution in [2.75, 3.05) is 13.1 Å². The summed E-state index contributed by atoms with van der Waals surface area (Å²) in [6.07, 6.45) is 2.18. The number of benzene rings is 1. The van der Waals surface area contributed by atoms with Crippen molar-refractivity contribution in [3.8, 4) is 0 Å². The van der Waals surface area contributed by atoms with Crippen molar-refractivity contribution >= 4 is 11.6 Å². The maximum absolute atomic E-state index is 13.1. The van der Waals surface area contributed by atoms with Crippen molar-refractivity contribution in [1.29, 1.82) is 0 Å². The molecule has 1 aromatic carbocycles. The third kappa shape index (κ3) is 2.94. The summed E-state index contributed by atoms with van der Waals surface area (Å²) in [5.74, 6) is -0.235. The minimum absolute atomic E-state index is 0.235. The van der Waals surface area contributed by atoms with Gasteiger partial charge in [0.1, 0.15) is 5.82 Å². The molecule has 1 aliphatic heterocycles. The molecule has 1 aromatic rings. The summed E-state index contributed by atoms with van der Waals surface area (Å²) in [4.78, 5) is 2.23. The Morgan fingerprint density at radius 1 is 1.50 bits per heavy atom. The number of halogens is 2. The van der Waals surface area contributed by atoms with Gasteiger partial charge < -0.3 is 5.73 Å². The third-order valence-electron chi connectivity index (χ3n) is 2.94. The molecule has 0 radical (unpaired) electrons. The zero-order chi connectivity index (χ0) is 11.5. The summed E-state index contributed by atoms with van der Waals surface area (Å²) < 4.78 is 13.1. The standard InChI is InChI=1S/C12H16ClFN2/c13-12-4-3-10(14)6-9(12)7-16-5-1-2-11(15)8-16/h3-4,6,11H,1-2,5,7-8,15H2/t11-/m1/s1. The van der Waals surface area contributed by atoms with Gasteiger partial charge >= 0.3 is 0 Å². The Bertz CT molecular complexity index is 370. The topological polar surface area (TPSA) is 29.3 Å². The molecule has 88 valence electrons. The number of hydrogen-bond acceptors (Lipinski definition) is 2. The Balaban J connectivity index is 2.05. The summed E-state index contributed by atoms with van der Waals surface area (Å²) >= 11 is 6.03. The van der Waals surface area contributed by atoms with Crippen LogP contribution in [0.4, 0.5) is 4.39 Å². The molecule has 2 N–H and O–H groups in total. The van der Waals surface area contributed by atoms with Gasteiger partial charge in [0.2, 0.25) is 0 Å². The van der Waals surface area contributed by atoms with E-state index in [2.05, 4.69) is 4.90 Å². The van der Waals surface area contributed by atoms with Gasteiger partial charge in [-0.2, -0.15) is 0 Å². The molecule has 0 amide bonds. The number of rotatable bonds is 2. The lowest BCUT2D eigenvalue weighted by Crippen LogP contribution is -2.42. The molecule has 2 nitrogen and oxygen atoms in total. The van der Waals surface area contributed by atoms with Gasteiger partial charge in [-0.1, -0.05) is 11.6 Å². The van der Waals surface area contributed by atoms with E-state index < -0.39 is 0 Å². The summed E-state index contributed by atoms with van der Waals surface area (Å²) in [6.45, 7) is 2.57. The summed E-state index contributed by atoms with van der Waals surface area (Å²) in [5.41, 5.74) is 6.74. The Morgan fingerprint density at radius 2 is 2.31 bits per heavy atom. The quantitative estimate of drug-likeness (QED) is 0.863. The summed E-state index contributed by atoms with van der Waals surface area (Å²) in [6, 6.07) is 4.73. The van der Waals surface area contributed by atoms with Crippen LogP contribution in [-0.4, -0.2) is 24.0 Å². The second-order valence-electron chi connectivity index (χ2n) is 4.37. The van der Waals surface area contributed by atoms with Gasteiger partial charge in [-0.15, -0.1) is 0 Å². The fourth-order valence-corrected chi connectivity index (χ4v) is 2.32. The molecule has 0 spiro atoms. The number of piperidine rings is 1. The SMILES string of the molecule is N[C@@H]1CCCN(Cc2cc(F)ccc2Cl)C1. The first-order chi connectivity index (χ1) is 7.65. The van der Waals surface area contributed by atoms with Gasteiger partial charge in [-0.25, -0.2) is 4.39 Å². The first-order valence-electron chi connectivity index (χ1n) is 5.57. The highest BCUT2D eigenvalue weighted by molar-refractivity contribution is 6.31. The predicted octanol–water partition coefficient (Wildman–Crippen LogP) is 2.40. The number of nitrogens with zero attached hydrogens (tertiary/aromatic N) is 1. The van der Waals surface area contributed by atoms with E-state index in [1.165, 1.54) is 12.1 Å². The average molecular weight is 243 g/mol. The molecule has 1 atom stereocenters. The van der Waals surface area contributed by atoms with E-state index in [4.69, 9.17) is 17.3 Å². The molecule has 0 aromatic heterocycles. The maximum atomic E-state index is 13.1. The molecule has 4 heteroatoms. The highest BCUT2D eigenvalue weighted by atomic mass is 35.5. The van der Waals surface area contributed by atoms with Crippen LogP contribution in [0.1, 0.15) is 18.4 Å². The molecule has 0 saturated carbocycles. The van der Waals surface area contributed by atoms with Gasteiger partial charge in [-0.05, 0) is 43.1 Å². The Kier molecular flexibility index (Phi) is 3.79. The fraction of sp³-hybridized carbons (Fsp3) is 0.500. The van der Waals surface area contributed by atoms with E-state index in [0.717, 1.165) is 31.5 Å². The molecule has 0 bridgehead atoms. The van der Waals surface area contributed by atoms with Gasteiger partial charge in [-0.3, -0.25) is 4.90 Å². The largest absolute Gasteiger partial charge is 0.327 e. The molecule has 2 rings (SSSR count). The lowest BCUT2D eigenvalue weighted by Gasteiger charge is -2.30. The fourth-order valence-electron chi connectivity index (χ4n) is 2.14. The minimum atomic E-state index is -0.235. The van der Waals surface area contributed by atoms with Gasteiger partial charge in [0.25, 0.3) is 0 Å². The maximum Gasteiger partial charge on any atom is 0.123 e. The van der Waals surface area contributed by atoms with Crippen LogP contribution < -0.4 is 5.73 Å². The summed E-state index contributed by atoms with van der Waals surface area (Å²) in [5, 5.41) is 0.626. The van der Waals surface area contributed by atoms with Crippen LogP contribution in [-0.2, 0) is 6.54 Å². The van der Waals surface area contributed by atoms with Crippen LogP contribution in [0.25, 0.3) is 0 Å². The number of hydrogen-bond donors (Lipinski definition) is 1. The van der Waals surface area contributed by atoms with E-state index in [1.807, 2.05) is 0 Å². The number of nitrogens with two attached hydrogens (primary N) is 1. The monoisotopic (exact) mass is 242 g/mol. The molecular formula is C12H16ClFN2. The lowest BCUT2D eigenvalue weighted by atomic mass is 10.1. The Hall–Kier alpha value is -0.640. The second-order valence-corrected chi connectivity index (χ2v) is 4.78. The van der Waals surface area contributed by atoms with Gasteiger partial charge in [0.05, 0.1) is 0 Å². The molecule has 16 heavy (non-hydrogen) atoms. The van der Waals surface area contributed by atoms with Crippen molar-refractivity contribution in [2.45, 2.75) is 25.4 Å².